The van der Waals surface area contributed by atoms with Crippen molar-refractivity contribution in [2.24, 2.45) is 0 Å². The number of benzene rings is 2. The third-order valence-electron chi connectivity index (χ3n) is 3.09. The first-order chi connectivity index (χ1) is 11.1. The molecular formula is C18H15NO4. The van der Waals surface area contributed by atoms with E-state index in [2.05, 4.69) is 6.07 Å². The van der Waals surface area contributed by atoms with Gasteiger partial charge >= 0.3 is 5.97 Å². The number of allylic oxidation sites excluding steroid dienone is 1. The van der Waals surface area contributed by atoms with Gasteiger partial charge < -0.3 is 14.6 Å². The van der Waals surface area contributed by atoms with Crippen LogP contribution in [0.3, 0.4) is 0 Å². The highest BCUT2D eigenvalue weighted by Gasteiger charge is 2.07. The number of carboxylic acids is 1. The Kier molecular flexibility index (Phi) is 5.37. The lowest BCUT2D eigenvalue weighted by Crippen LogP contribution is -2.09. The first-order valence-electron chi connectivity index (χ1n) is 6.84. The van der Waals surface area contributed by atoms with E-state index in [-0.39, 0.29) is 0 Å². The number of hydrogen-bond donors (Lipinski definition) is 1. The average Bonchev–Trinajstić information content (AvgIpc) is 2.58. The van der Waals surface area contributed by atoms with Crippen molar-refractivity contribution in [3.05, 3.63) is 59.7 Å². The van der Waals surface area contributed by atoms with Crippen LogP contribution < -0.4 is 9.47 Å². The molecule has 5 nitrogen and oxygen atoms in total. The second-order valence-electron chi connectivity index (χ2n) is 4.62. The van der Waals surface area contributed by atoms with Crippen LogP contribution in [0.5, 0.6) is 11.5 Å². The molecule has 0 radical (unpaired) electrons. The van der Waals surface area contributed by atoms with Gasteiger partial charge in [0.25, 0.3) is 0 Å². The summed E-state index contributed by atoms with van der Waals surface area (Å²) >= 11 is 0. The van der Waals surface area contributed by atoms with E-state index in [4.69, 9.17) is 14.6 Å². The number of hydrogen-bond acceptors (Lipinski definition) is 4. The minimum atomic E-state index is -1.06. The molecule has 0 spiro atoms. The molecule has 23 heavy (non-hydrogen) atoms. The monoisotopic (exact) mass is 309 g/mol. The molecular weight excluding hydrogens is 294 g/mol. The van der Waals surface area contributed by atoms with E-state index in [1.807, 2.05) is 0 Å². The van der Waals surface area contributed by atoms with Crippen molar-refractivity contribution >= 4 is 17.6 Å². The number of ether oxygens (including phenoxy) is 2. The molecule has 0 saturated carbocycles. The largest absolute Gasteiger partial charge is 0.497 e. The molecule has 0 atom stereocenters. The minimum Gasteiger partial charge on any atom is -0.497 e. The van der Waals surface area contributed by atoms with Gasteiger partial charge in [-0.15, -0.1) is 0 Å². The molecule has 2 rings (SSSR count). The van der Waals surface area contributed by atoms with Gasteiger partial charge in [-0.25, -0.2) is 4.79 Å². The number of rotatable bonds is 6. The molecule has 0 fully saturated rings. The van der Waals surface area contributed by atoms with Gasteiger partial charge in [0.1, 0.15) is 11.5 Å². The molecule has 0 aliphatic heterocycles. The van der Waals surface area contributed by atoms with Crippen molar-refractivity contribution in [2.75, 3.05) is 13.7 Å². The van der Waals surface area contributed by atoms with Crippen LogP contribution in [0.4, 0.5) is 0 Å². The van der Waals surface area contributed by atoms with Gasteiger partial charge in [0.15, 0.2) is 6.61 Å². The van der Waals surface area contributed by atoms with E-state index < -0.39 is 12.6 Å². The van der Waals surface area contributed by atoms with Gasteiger partial charge in [0.2, 0.25) is 0 Å². The van der Waals surface area contributed by atoms with Crippen LogP contribution in [0.25, 0.3) is 11.6 Å². The van der Waals surface area contributed by atoms with Crippen LogP contribution in [-0.4, -0.2) is 24.8 Å². The second-order valence-corrected chi connectivity index (χ2v) is 4.62. The zero-order valence-corrected chi connectivity index (χ0v) is 12.5. The Labute approximate surface area is 134 Å². The SMILES string of the molecule is COc1ccc(/C(C#N)=C/c2ccccc2OCC(=O)O)cc1. The summed E-state index contributed by atoms with van der Waals surface area (Å²) in [7, 11) is 1.58. The van der Waals surface area contributed by atoms with Crippen molar-refractivity contribution in [3.63, 3.8) is 0 Å². The summed E-state index contributed by atoms with van der Waals surface area (Å²) in [5, 5.41) is 18.1. The Balaban J connectivity index is 2.34. The molecule has 1 N–H and O–H groups in total. The van der Waals surface area contributed by atoms with E-state index in [0.29, 0.717) is 22.6 Å². The molecule has 0 unspecified atom stereocenters. The van der Waals surface area contributed by atoms with Gasteiger partial charge in [0.05, 0.1) is 18.8 Å². The molecule has 5 heteroatoms. The van der Waals surface area contributed by atoms with E-state index in [1.54, 1.807) is 61.7 Å². The lowest BCUT2D eigenvalue weighted by molar-refractivity contribution is -0.139. The summed E-state index contributed by atoms with van der Waals surface area (Å²) in [6.45, 7) is -0.435. The number of methoxy groups -OCH3 is 1. The first-order valence-corrected chi connectivity index (χ1v) is 6.84. The third-order valence-corrected chi connectivity index (χ3v) is 3.09. The quantitative estimate of drug-likeness (QED) is 0.654. The van der Waals surface area contributed by atoms with E-state index >= 15 is 0 Å². The molecule has 0 saturated heterocycles. The highest BCUT2D eigenvalue weighted by atomic mass is 16.5. The number of nitrogens with zero attached hydrogens (tertiary/aromatic N) is 1. The summed E-state index contributed by atoms with van der Waals surface area (Å²) < 4.78 is 10.3. The number of carbonyl (C=O) groups is 1. The van der Waals surface area contributed by atoms with Crippen molar-refractivity contribution < 1.29 is 19.4 Å². The molecule has 0 heterocycles. The highest BCUT2D eigenvalue weighted by molar-refractivity contribution is 5.90. The van der Waals surface area contributed by atoms with Crippen molar-refractivity contribution in [2.45, 2.75) is 0 Å². The van der Waals surface area contributed by atoms with Crippen LogP contribution in [-0.2, 0) is 4.79 Å². The standard InChI is InChI=1S/C18H15NO4/c1-22-16-8-6-13(7-9-16)15(11-19)10-14-4-2-3-5-17(14)23-12-18(20)21/h2-10H,12H2,1H3,(H,20,21)/b15-10+. The van der Waals surface area contributed by atoms with Gasteiger partial charge in [0, 0.05) is 5.56 Å². The van der Waals surface area contributed by atoms with E-state index in [9.17, 15) is 10.1 Å². The van der Waals surface area contributed by atoms with Crippen LogP contribution in [0.2, 0.25) is 0 Å². The maximum absolute atomic E-state index is 10.6. The van der Waals surface area contributed by atoms with Crippen molar-refractivity contribution in [1.82, 2.24) is 0 Å². The summed E-state index contributed by atoms with van der Waals surface area (Å²) in [6.07, 6.45) is 1.67. The molecule has 0 amide bonds. The van der Waals surface area contributed by atoms with E-state index in [1.165, 1.54) is 0 Å². The topological polar surface area (TPSA) is 79.5 Å². The number of carboxylic acid groups (broad SMARTS) is 1. The van der Waals surface area contributed by atoms with Crippen LogP contribution in [0.1, 0.15) is 11.1 Å². The molecule has 0 bridgehead atoms. The number of nitriles is 1. The Morgan fingerprint density at radius 3 is 2.52 bits per heavy atom. The van der Waals surface area contributed by atoms with Gasteiger partial charge in [-0.2, -0.15) is 5.26 Å². The fourth-order valence-electron chi connectivity index (χ4n) is 1.98. The fraction of sp³-hybridized carbons (Fsp3) is 0.111. The lowest BCUT2D eigenvalue weighted by Gasteiger charge is -2.08. The van der Waals surface area contributed by atoms with Crippen LogP contribution >= 0.6 is 0 Å². The van der Waals surface area contributed by atoms with Gasteiger partial charge in [-0.05, 0) is 42.0 Å². The lowest BCUT2D eigenvalue weighted by atomic mass is 10.0. The smallest absolute Gasteiger partial charge is 0.341 e. The normalized spacial score (nSPS) is 10.7. The number of aliphatic carboxylic acids is 1. The third kappa shape index (κ3) is 4.35. The summed E-state index contributed by atoms with van der Waals surface area (Å²) in [4.78, 5) is 10.6. The molecule has 2 aromatic rings. The first kappa shape index (κ1) is 16.1. The zero-order chi connectivity index (χ0) is 16.7. The summed E-state index contributed by atoms with van der Waals surface area (Å²) in [5.74, 6) is 0.0619. The Bertz CT molecular complexity index is 757. The van der Waals surface area contributed by atoms with E-state index in [0.717, 1.165) is 5.56 Å². The maximum atomic E-state index is 10.6. The minimum absolute atomic E-state index is 0.413. The maximum Gasteiger partial charge on any atom is 0.341 e. The Morgan fingerprint density at radius 1 is 1.22 bits per heavy atom. The Morgan fingerprint density at radius 2 is 1.91 bits per heavy atom. The molecule has 0 aliphatic rings. The summed E-state index contributed by atoms with van der Waals surface area (Å²) in [6, 6.07) is 16.2. The van der Waals surface area contributed by atoms with Crippen molar-refractivity contribution in [3.8, 4) is 17.6 Å². The van der Waals surface area contributed by atoms with Crippen molar-refractivity contribution in [1.29, 1.82) is 5.26 Å². The average molecular weight is 309 g/mol. The second kappa shape index (κ2) is 7.66. The molecule has 0 aromatic heterocycles. The fourth-order valence-corrected chi connectivity index (χ4v) is 1.98. The zero-order valence-electron chi connectivity index (χ0n) is 12.5. The van der Waals surface area contributed by atoms with Crippen LogP contribution in [0, 0.1) is 11.3 Å². The number of para-hydroxylation sites is 1. The molecule has 116 valence electrons. The predicted octanol–water partition coefficient (Wildman–Crippen LogP) is 3.22. The molecule has 0 aliphatic carbocycles. The van der Waals surface area contributed by atoms with Gasteiger partial charge in [-0.1, -0.05) is 18.2 Å². The van der Waals surface area contributed by atoms with Gasteiger partial charge in [-0.3, -0.25) is 0 Å². The Hall–Kier alpha value is -3.26. The molecule has 2 aromatic carbocycles. The summed E-state index contributed by atoms with van der Waals surface area (Å²) in [5.41, 5.74) is 1.82. The highest BCUT2D eigenvalue weighted by Crippen LogP contribution is 2.25. The predicted molar refractivity (Wildman–Crippen MR) is 86.1 cm³/mol. The van der Waals surface area contributed by atoms with Crippen LogP contribution in [0.15, 0.2) is 48.5 Å².